The number of benzene rings is 6. The lowest BCUT2D eigenvalue weighted by atomic mass is 10.0. The predicted octanol–water partition coefficient (Wildman–Crippen LogP) is 17.6. The van der Waals surface area contributed by atoms with E-state index in [0.717, 1.165) is 86.7 Å². The lowest BCUT2D eigenvalue weighted by Gasteiger charge is -2.17. The summed E-state index contributed by atoms with van der Waals surface area (Å²) in [5, 5.41) is 9.36. The maximum Gasteiger partial charge on any atom is 0.180 e. The maximum absolute atomic E-state index is 6.60. The van der Waals surface area contributed by atoms with E-state index in [9.17, 15) is 0 Å². The molecule has 3 aliphatic rings. The lowest BCUT2D eigenvalue weighted by molar-refractivity contribution is 0.174. The lowest BCUT2D eigenvalue weighted by Crippen LogP contribution is -2.14. The molecule has 9 nitrogen and oxygen atoms in total. The highest BCUT2D eigenvalue weighted by Crippen LogP contribution is 2.57. The monoisotopic (exact) mass is 1040 g/mol. The molecule has 0 N–H and O–H groups in total. The van der Waals surface area contributed by atoms with Crippen LogP contribution in [-0.4, -0.2) is 53.3 Å². The first-order chi connectivity index (χ1) is 36.7. The number of rotatable bonds is 8. The molecular formula is C63H53N3O6S3. The van der Waals surface area contributed by atoms with E-state index in [-0.39, 0.29) is 12.1 Å². The Morgan fingerprint density at radius 2 is 0.640 bits per heavy atom. The highest BCUT2D eigenvalue weighted by Gasteiger charge is 2.31. The third-order valence-electron chi connectivity index (χ3n) is 15.3. The van der Waals surface area contributed by atoms with Gasteiger partial charge in [0.25, 0.3) is 0 Å². The first-order valence-electron chi connectivity index (χ1n) is 26.1. The molecule has 0 atom stereocenters. The number of thiophene rings is 3. The predicted molar refractivity (Wildman–Crippen MR) is 310 cm³/mol. The summed E-state index contributed by atoms with van der Waals surface area (Å²) in [6, 6.07) is 44.0. The van der Waals surface area contributed by atoms with Gasteiger partial charge in [-0.05, 0) is 136 Å². The van der Waals surface area contributed by atoms with Crippen LogP contribution in [-0.2, 0) is 0 Å². The summed E-state index contributed by atoms with van der Waals surface area (Å²) in [5.41, 5.74) is 12.9. The number of aromatic nitrogens is 3. The molecule has 9 heterocycles. The van der Waals surface area contributed by atoms with Gasteiger partial charge in [0.15, 0.2) is 34.5 Å². The second-order valence-corrected chi connectivity index (χ2v) is 23.7. The molecule has 15 rings (SSSR count). The van der Waals surface area contributed by atoms with E-state index in [4.69, 9.17) is 28.4 Å². The normalized spacial score (nSPS) is 14.4. The highest BCUT2D eigenvalue weighted by atomic mass is 32.1. The van der Waals surface area contributed by atoms with E-state index in [0.29, 0.717) is 45.7 Å². The van der Waals surface area contributed by atoms with Crippen LogP contribution in [0.3, 0.4) is 0 Å². The number of ether oxygens (including phenoxy) is 6. The zero-order valence-electron chi connectivity index (χ0n) is 42.5. The van der Waals surface area contributed by atoms with Gasteiger partial charge in [-0.2, -0.15) is 0 Å². The Hall–Kier alpha value is -7.38. The molecule has 0 saturated carbocycles. The Kier molecular flexibility index (Phi) is 10.3. The fraction of sp³-hybridized carbons (Fsp3) is 0.238. The largest absolute Gasteiger partial charge is 0.485 e. The Labute approximate surface area is 445 Å². The summed E-state index contributed by atoms with van der Waals surface area (Å²) in [5.74, 6) is 4.96. The fourth-order valence-corrected chi connectivity index (χ4v) is 15.5. The number of fused-ring (bicyclic) bond motifs is 12. The molecule has 6 aromatic heterocycles. The Morgan fingerprint density at radius 3 is 1.01 bits per heavy atom. The van der Waals surface area contributed by atoms with Gasteiger partial charge in [-0.3, -0.25) is 0 Å². The second-order valence-electron chi connectivity index (χ2n) is 20.8. The van der Waals surface area contributed by atoms with Crippen molar-refractivity contribution in [3.8, 4) is 86.7 Å². The summed E-state index contributed by atoms with van der Waals surface area (Å²) in [6.07, 6.45) is 0. The SMILES string of the molecule is CC(C)n1c2ccccc2c2cc(-c3sc(-c4ccc5c(c4)c4cc(-c6sc(-c7ccc8c(c7)c7cc(-c9scc%10c9OCCO%10)ccc7n8C(C)C)c7c6OCCO7)ccc4n5C(C)C)c4c3OCCO4)ccc21. The van der Waals surface area contributed by atoms with Gasteiger partial charge in [0, 0.05) is 88.9 Å². The van der Waals surface area contributed by atoms with Crippen LogP contribution in [0.2, 0.25) is 0 Å². The minimum atomic E-state index is 0.236. The average Bonchev–Trinajstić information content (AvgIpc) is 4.35. The molecule has 0 unspecified atom stereocenters. The standard InChI is InChI=1S/C63H53N3O6S3/c1-33(2)64-47-10-8-7-9-41(47)42-28-37(12-17-48(42)64)60-55-56(70-24-23-69-55)61(74-60)39-14-19-51-45(30-39)46-31-40(15-20-52(46)66(51)35(5)6)63-58-57(71-25-26-72-58)62(75-63)38-13-18-50-44(29-38)43-27-36(11-16-49(43)65(50)34(3)4)59-54-53(32-73-59)67-21-22-68-54/h7-20,27-35H,21-26H2,1-6H3. The van der Waals surface area contributed by atoms with E-state index in [2.05, 4.69) is 176 Å². The summed E-state index contributed by atoms with van der Waals surface area (Å²) in [7, 11) is 0. The van der Waals surface area contributed by atoms with Gasteiger partial charge in [-0.25, -0.2) is 0 Å². The fourth-order valence-electron chi connectivity index (χ4n) is 12.2. The molecule has 0 fully saturated rings. The van der Waals surface area contributed by atoms with E-state index < -0.39 is 0 Å². The molecule has 0 spiro atoms. The summed E-state index contributed by atoms with van der Waals surface area (Å²) in [6.45, 7) is 16.7. The van der Waals surface area contributed by atoms with E-state index in [1.807, 2.05) is 0 Å². The highest BCUT2D eigenvalue weighted by molar-refractivity contribution is 7.20. The van der Waals surface area contributed by atoms with Crippen molar-refractivity contribution < 1.29 is 28.4 Å². The van der Waals surface area contributed by atoms with Crippen LogP contribution in [0.15, 0.2) is 121 Å². The molecule has 6 aromatic carbocycles. The summed E-state index contributed by atoms with van der Waals surface area (Å²) < 4.78 is 45.7. The quantitative estimate of drug-likeness (QED) is 0.151. The topological polar surface area (TPSA) is 70.2 Å². The number of nitrogens with zero attached hydrogens (tertiary/aromatic N) is 3. The van der Waals surface area contributed by atoms with E-state index >= 15 is 0 Å². The van der Waals surface area contributed by atoms with Crippen molar-refractivity contribution >= 4 is 99.4 Å². The zero-order chi connectivity index (χ0) is 50.4. The number of para-hydroxylation sites is 1. The molecular weight excluding hydrogens is 991 g/mol. The molecule has 374 valence electrons. The molecule has 0 aliphatic carbocycles. The van der Waals surface area contributed by atoms with Crippen LogP contribution in [0.25, 0.3) is 118 Å². The second kappa shape index (κ2) is 17.1. The van der Waals surface area contributed by atoms with Gasteiger partial charge in [0.05, 0.1) is 24.4 Å². The molecule has 75 heavy (non-hydrogen) atoms. The zero-order valence-corrected chi connectivity index (χ0v) is 45.0. The molecule has 0 amide bonds. The number of hydrogen-bond donors (Lipinski definition) is 0. The van der Waals surface area contributed by atoms with Crippen molar-refractivity contribution in [3.05, 3.63) is 121 Å². The molecule has 12 aromatic rings. The molecule has 3 aliphatic heterocycles. The molecule has 12 heteroatoms. The van der Waals surface area contributed by atoms with Gasteiger partial charge in [0.2, 0.25) is 0 Å². The Bertz CT molecular complexity index is 4330. The van der Waals surface area contributed by atoms with Crippen molar-refractivity contribution in [2.45, 2.75) is 59.7 Å². The first-order valence-corrected chi connectivity index (χ1v) is 28.6. The van der Waals surface area contributed by atoms with E-state index in [1.165, 1.54) is 65.4 Å². The Balaban J connectivity index is 0.855. The van der Waals surface area contributed by atoms with Gasteiger partial charge in [-0.15, -0.1) is 34.0 Å². The van der Waals surface area contributed by atoms with Crippen LogP contribution in [0, 0.1) is 0 Å². The van der Waals surface area contributed by atoms with Crippen LogP contribution in [0.1, 0.15) is 59.7 Å². The average molecular weight is 1040 g/mol. The van der Waals surface area contributed by atoms with Gasteiger partial charge >= 0.3 is 0 Å². The van der Waals surface area contributed by atoms with Crippen LogP contribution in [0.5, 0.6) is 34.5 Å². The molecule has 0 saturated heterocycles. The maximum atomic E-state index is 6.60. The molecule has 0 radical (unpaired) electrons. The third kappa shape index (κ3) is 6.78. The third-order valence-corrected chi connectivity index (χ3v) is 18.8. The van der Waals surface area contributed by atoms with Crippen LogP contribution < -0.4 is 28.4 Å². The number of hydrogen-bond acceptors (Lipinski definition) is 9. The van der Waals surface area contributed by atoms with Crippen molar-refractivity contribution in [2.75, 3.05) is 39.6 Å². The first kappa shape index (κ1) is 45.0. The minimum absolute atomic E-state index is 0.236. The van der Waals surface area contributed by atoms with Crippen molar-refractivity contribution in [2.24, 2.45) is 0 Å². The van der Waals surface area contributed by atoms with Gasteiger partial charge < -0.3 is 42.1 Å². The van der Waals surface area contributed by atoms with Crippen molar-refractivity contribution in [3.63, 3.8) is 0 Å². The van der Waals surface area contributed by atoms with Gasteiger partial charge in [-0.1, -0.05) is 48.5 Å². The van der Waals surface area contributed by atoms with Crippen molar-refractivity contribution in [1.82, 2.24) is 13.7 Å². The Morgan fingerprint density at radius 1 is 0.333 bits per heavy atom. The smallest absolute Gasteiger partial charge is 0.180 e. The summed E-state index contributed by atoms with van der Waals surface area (Å²) >= 11 is 5.18. The minimum Gasteiger partial charge on any atom is -0.485 e. The summed E-state index contributed by atoms with van der Waals surface area (Å²) in [4.78, 5) is 5.40. The van der Waals surface area contributed by atoms with Crippen molar-refractivity contribution in [1.29, 1.82) is 0 Å². The molecule has 0 bridgehead atoms. The van der Waals surface area contributed by atoms with Gasteiger partial charge in [0.1, 0.15) is 39.6 Å². The van der Waals surface area contributed by atoms with Crippen LogP contribution >= 0.6 is 34.0 Å². The van der Waals surface area contributed by atoms with Crippen LogP contribution in [0.4, 0.5) is 0 Å². The van der Waals surface area contributed by atoms with E-state index in [1.54, 1.807) is 34.0 Å².